The van der Waals surface area contributed by atoms with Crippen molar-refractivity contribution < 1.29 is 13.2 Å². The van der Waals surface area contributed by atoms with Crippen LogP contribution in [0.2, 0.25) is 0 Å². The first-order valence-electron chi connectivity index (χ1n) is 5.53. The molecule has 0 aliphatic rings. The molecule has 0 saturated carbocycles. The van der Waals surface area contributed by atoms with Crippen molar-refractivity contribution in [3.8, 4) is 0 Å². The van der Waals surface area contributed by atoms with Crippen LogP contribution in [0.1, 0.15) is 16.1 Å². The number of ketones is 1. The van der Waals surface area contributed by atoms with Gasteiger partial charge in [0.15, 0.2) is 5.78 Å². The summed E-state index contributed by atoms with van der Waals surface area (Å²) in [4.78, 5) is 15.8. The number of aromatic nitrogens is 1. The number of nitrogens with zero attached hydrogens (tertiary/aromatic N) is 1. The van der Waals surface area contributed by atoms with Crippen LogP contribution in [0.15, 0.2) is 53.6 Å². The zero-order valence-electron chi connectivity index (χ0n) is 9.98. The van der Waals surface area contributed by atoms with E-state index in [-0.39, 0.29) is 17.1 Å². The Kier molecular flexibility index (Phi) is 3.73. The average Bonchev–Trinajstić information content (AvgIpc) is 2.39. The number of carbonyl (C=O) groups is 1. The highest BCUT2D eigenvalue weighted by atomic mass is 32.2. The first kappa shape index (κ1) is 13.4. The molecule has 0 spiro atoms. The van der Waals surface area contributed by atoms with Gasteiger partial charge in [0.2, 0.25) is 10.0 Å². The summed E-state index contributed by atoms with van der Waals surface area (Å²) in [6, 6.07) is 11.7. The molecule has 2 N–H and O–H groups in total. The normalized spacial score (nSPS) is 11.2. The Morgan fingerprint density at radius 3 is 2.32 bits per heavy atom. The molecule has 1 aromatic heterocycles. The minimum atomic E-state index is -3.75. The topological polar surface area (TPSA) is 90.1 Å². The van der Waals surface area contributed by atoms with Crippen LogP contribution in [0.4, 0.5) is 0 Å². The Bertz CT molecular complexity index is 680. The smallest absolute Gasteiger partial charge is 0.239 e. The maximum Gasteiger partial charge on any atom is 0.239 e. The summed E-state index contributed by atoms with van der Waals surface area (Å²) in [6.07, 6.45) is 1.28. The number of nitrogens with two attached hydrogens (primary N) is 1. The zero-order valence-corrected chi connectivity index (χ0v) is 10.8. The minimum absolute atomic E-state index is 0.0663. The lowest BCUT2D eigenvalue weighted by molar-refractivity contribution is 0.0992. The molecule has 0 aliphatic carbocycles. The van der Waals surface area contributed by atoms with Crippen molar-refractivity contribution in [2.24, 2.45) is 5.14 Å². The van der Waals surface area contributed by atoms with Gasteiger partial charge in [-0.2, -0.15) is 0 Å². The molecule has 0 fully saturated rings. The van der Waals surface area contributed by atoms with Gasteiger partial charge < -0.3 is 0 Å². The van der Waals surface area contributed by atoms with Crippen LogP contribution in [0.25, 0.3) is 0 Å². The number of pyridine rings is 1. The van der Waals surface area contributed by atoms with Crippen molar-refractivity contribution in [2.75, 3.05) is 0 Å². The Morgan fingerprint density at radius 1 is 1.11 bits per heavy atom. The minimum Gasteiger partial charge on any atom is -0.294 e. The van der Waals surface area contributed by atoms with Gasteiger partial charge in [-0.25, -0.2) is 13.6 Å². The van der Waals surface area contributed by atoms with E-state index < -0.39 is 10.0 Å². The van der Waals surface area contributed by atoms with Gasteiger partial charge in [0.25, 0.3) is 0 Å². The van der Waals surface area contributed by atoms with Crippen LogP contribution < -0.4 is 5.14 Å². The van der Waals surface area contributed by atoms with E-state index in [9.17, 15) is 13.2 Å². The van der Waals surface area contributed by atoms with Crippen molar-refractivity contribution in [2.45, 2.75) is 11.3 Å². The lowest BCUT2D eigenvalue weighted by Gasteiger charge is -2.02. The maximum absolute atomic E-state index is 11.9. The van der Waals surface area contributed by atoms with Gasteiger partial charge in [-0.15, -0.1) is 0 Å². The molecular weight excluding hydrogens is 264 g/mol. The molecule has 1 aromatic carbocycles. The quantitative estimate of drug-likeness (QED) is 0.848. The number of benzene rings is 1. The molecule has 2 aromatic rings. The van der Waals surface area contributed by atoms with Gasteiger partial charge in [0.1, 0.15) is 4.90 Å². The Hall–Kier alpha value is -2.05. The molecule has 0 bridgehead atoms. The SMILES string of the molecule is NS(=O)(=O)c1ccc(CC(=O)c2ccccc2)nc1. The lowest BCUT2D eigenvalue weighted by atomic mass is 10.1. The molecule has 98 valence electrons. The van der Waals surface area contributed by atoms with Gasteiger partial charge in [-0.1, -0.05) is 30.3 Å². The molecule has 2 rings (SSSR count). The molecule has 6 heteroatoms. The van der Waals surface area contributed by atoms with Gasteiger partial charge in [-0.3, -0.25) is 9.78 Å². The molecule has 1 heterocycles. The second-order valence-corrected chi connectivity index (χ2v) is 5.56. The summed E-state index contributed by atoms with van der Waals surface area (Å²) in [5.74, 6) is -0.0727. The summed E-state index contributed by atoms with van der Waals surface area (Å²) in [6.45, 7) is 0. The molecule has 0 amide bonds. The van der Waals surface area contributed by atoms with Crippen molar-refractivity contribution in [3.63, 3.8) is 0 Å². The third kappa shape index (κ3) is 3.46. The largest absolute Gasteiger partial charge is 0.294 e. The zero-order chi connectivity index (χ0) is 13.9. The summed E-state index contributed by atoms with van der Waals surface area (Å²) in [7, 11) is -3.75. The van der Waals surface area contributed by atoms with E-state index in [2.05, 4.69) is 4.98 Å². The highest BCUT2D eigenvalue weighted by Gasteiger charge is 2.10. The fraction of sp³-hybridized carbons (Fsp3) is 0.0769. The van der Waals surface area contributed by atoms with Crippen molar-refractivity contribution in [3.05, 3.63) is 59.9 Å². The van der Waals surface area contributed by atoms with Gasteiger partial charge in [0.05, 0.1) is 6.42 Å². The van der Waals surface area contributed by atoms with E-state index in [1.54, 1.807) is 24.3 Å². The van der Waals surface area contributed by atoms with Crippen LogP contribution in [0.5, 0.6) is 0 Å². The van der Waals surface area contributed by atoms with Crippen molar-refractivity contribution in [1.29, 1.82) is 0 Å². The Balaban J connectivity index is 2.15. The van der Waals surface area contributed by atoms with E-state index in [1.165, 1.54) is 12.1 Å². The number of Topliss-reactive ketones (excluding diaryl/α,β-unsaturated/α-hetero) is 1. The average molecular weight is 276 g/mol. The third-order valence-corrected chi connectivity index (χ3v) is 3.46. The molecule has 0 atom stereocenters. The molecular formula is C13H12N2O3S. The first-order chi connectivity index (χ1) is 8.97. The second-order valence-electron chi connectivity index (χ2n) is 4.00. The van der Waals surface area contributed by atoms with E-state index in [0.29, 0.717) is 11.3 Å². The van der Waals surface area contributed by atoms with Gasteiger partial charge in [-0.05, 0) is 12.1 Å². The number of sulfonamides is 1. The number of primary sulfonamides is 1. The van der Waals surface area contributed by atoms with Crippen LogP contribution in [-0.4, -0.2) is 19.2 Å². The van der Waals surface area contributed by atoms with Crippen LogP contribution >= 0.6 is 0 Å². The third-order valence-electron chi connectivity index (χ3n) is 2.56. The summed E-state index contributed by atoms with van der Waals surface area (Å²) < 4.78 is 22.1. The molecule has 0 radical (unpaired) electrons. The number of rotatable bonds is 4. The number of hydrogen-bond donors (Lipinski definition) is 1. The predicted octanol–water partition coefficient (Wildman–Crippen LogP) is 1.15. The van der Waals surface area contributed by atoms with E-state index >= 15 is 0 Å². The standard InChI is InChI=1S/C13H12N2O3S/c14-19(17,18)12-7-6-11(15-9-12)8-13(16)10-4-2-1-3-5-10/h1-7,9H,8H2,(H2,14,17,18). The summed E-state index contributed by atoms with van der Waals surface area (Å²) in [5, 5.41) is 4.96. The lowest BCUT2D eigenvalue weighted by Crippen LogP contribution is -2.13. The molecule has 19 heavy (non-hydrogen) atoms. The fourth-order valence-electron chi connectivity index (χ4n) is 1.57. The van der Waals surface area contributed by atoms with E-state index in [1.807, 2.05) is 6.07 Å². The number of hydrogen-bond acceptors (Lipinski definition) is 4. The molecule has 0 unspecified atom stereocenters. The Labute approximate surface area is 111 Å². The number of carbonyl (C=O) groups excluding carboxylic acids is 1. The monoisotopic (exact) mass is 276 g/mol. The Morgan fingerprint density at radius 2 is 1.79 bits per heavy atom. The fourth-order valence-corrected chi connectivity index (χ4v) is 2.03. The first-order valence-corrected chi connectivity index (χ1v) is 7.07. The molecule has 0 saturated heterocycles. The maximum atomic E-state index is 11.9. The molecule has 0 aliphatic heterocycles. The van der Waals surface area contributed by atoms with Crippen molar-refractivity contribution >= 4 is 15.8 Å². The summed E-state index contributed by atoms with van der Waals surface area (Å²) >= 11 is 0. The van der Waals surface area contributed by atoms with Crippen LogP contribution in [0, 0.1) is 0 Å². The van der Waals surface area contributed by atoms with Crippen LogP contribution in [0.3, 0.4) is 0 Å². The van der Waals surface area contributed by atoms with Crippen LogP contribution in [-0.2, 0) is 16.4 Å². The van der Waals surface area contributed by atoms with Crippen molar-refractivity contribution in [1.82, 2.24) is 4.98 Å². The van der Waals surface area contributed by atoms with E-state index in [0.717, 1.165) is 6.20 Å². The van der Waals surface area contributed by atoms with E-state index in [4.69, 9.17) is 5.14 Å². The molecule has 5 nitrogen and oxygen atoms in total. The highest BCUT2D eigenvalue weighted by Crippen LogP contribution is 2.09. The summed E-state index contributed by atoms with van der Waals surface area (Å²) in [5.41, 5.74) is 1.10. The predicted molar refractivity (Wildman–Crippen MR) is 70.1 cm³/mol. The second kappa shape index (κ2) is 5.29. The highest BCUT2D eigenvalue weighted by molar-refractivity contribution is 7.89. The van der Waals surface area contributed by atoms with Gasteiger partial charge in [0, 0.05) is 17.5 Å². The van der Waals surface area contributed by atoms with Gasteiger partial charge >= 0.3 is 0 Å².